The number of para-hydroxylation sites is 2. The monoisotopic (exact) mass is 416 g/mol. The third-order valence-electron chi connectivity index (χ3n) is 5.03. The summed E-state index contributed by atoms with van der Waals surface area (Å²) in [6, 6.07) is 22.8. The van der Waals surface area contributed by atoms with Gasteiger partial charge in [-0.1, -0.05) is 48.5 Å². The number of aryl methyl sites for hydroxylation is 2. The molecule has 0 spiro atoms. The zero-order valence-corrected chi connectivity index (χ0v) is 18.2. The largest absolute Gasteiger partial charge is 0.483 e. The fourth-order valence-corrected chi connectivity index (χ4v) is 3.45. The molecule has 0 atom stereocenters. The van der Waals surface area contributed by atoms with Crippen molar-refractivity contribution in [1.82, 2.24) is 0 Å². The highest BCUT2D eigenvalue weighted by molar-refractivity contribution is 5.95. The van der Waals surface area contributed by atoms with Crippen LogP contribution in [-0.4, -0.2) is 25.0 Å². The Morgan fingerprint density at radius 3 is 2.13 bits per heavy atom. The number of carbonyl (C=O) groups excluding carboxylic acids is 2. The second-order valence-electron chi connectivity index (χ2n) is 7.41. The fourth-order valence-electron chi connectivity index (χ4n) is 3.45. The Balaban J connectivity index is 1.55. The first kappa shape index (κ1) is 22.1. The molecule has 5 nitrogen and oxygen atoms in total. The molecule has 160 valence electrons. The molecule has 31 heavy (non-hydrogen) atoms. The second kappa shape index (κ2) is 10.4. The van der Waals surface area contributed by atoms with E-state index >= 15 is 0 Å². The highest BCUT2D eigenvalue weighted by atomic mass is 16.5. The van der Waals surface area contributed by atoms with E-state index in [1.54, 1.807) is 17.0 Å². The lowest BCUT2D eigenvalue weighted by molar-refractivity contribution is -0.118. The number of carbonyl (C=O) groups is 2. The average Bonchev–Trinajstić information content (AvgIpc) is 2.76. The quantitative estimate of drug-likeness (QED) is 0.567. The van der Waals surface area contributed by atoms with E-state index in [1.807, 2.05) is 81.4 Å². The maximum absolute atomic E-state index is 12.7. The minimum Gasteiger partial charge on any atom is -0.483 e. The first-order valence-corrected chi connectivity index (χ1v) is 10.4. The van der Waals surface area contributed by atoms with Crippen LogP contribution in [0.5, 0.6) is 5.75 Å². The molecule has 3 rings (SSSR count). The molecule has 1 N–H and O–H groups in total. The van der Waals surface area contributed by atoms with E-state index in [0.29, 0.717) is 18.7 Å². The lowest BCUT2D eigenvalue weighted by Gasteiger charge is -2.21. The van der Waals surface area contributed by atoms with E-state index in [9.17, 15) is 9.59 Å². The van der Waals surface area contributed by atoms with Crippen LogP contribution in [0.2, 0.25) is 0 Å². The maximum Gasteiger partial charge on any atom is 0.262 e. The number of nitrogens with one attached hydrogen (secondary N) is 1. The first-order valence-electron chi connectivity index (χ1n) is 10.4. The molecular weight excluding hydrogens is 388 g/mol. The summed E-state index contributed by atoms with van der Waals surface area (Å²) in [5.74, 6) is 0.547. The number of hydrogen-bond donors (Lipinski definition) is 1. The van der Waals surface area contributed by atoms with E-state index in [-0.39, 0.29) is 18.4 Å². The van der Waals surface area contributed by atoms with Gasteiger partial charge >= 0.3 is 0 Å². The summed E-state index contributed by atoms with van der Waals surface area (Å²) in [6.07, 6.45) is 0.298. The topological polar surface area (TPSA) is 58.6 Å². The number of rotatable bonds is 8. The molecule has 0 aliphatic rings. The number of benzene rings is 3. The predicted molar refractivity (Wildman–Crippen MR) is 125 cm³/mol. The summed E-state index contributed by atoms with van der Waals surface area (Å²) in [4.78, 5) is 26.7. The molecule has 0 saturated carbocycles. The number of nitrogens with zero attached hydrogens (tertiary/aromatic N) is 1. The Labute approximate surface area is 183 Å². The van der Waals surface area contributed by atoms with Crippen molar-refractivity contribution in [2.75, 3.05) is 23.4 Å². The number of hydrogen-bond acceptors (Lipinski definition) is 3. The van der Waals surface area contributed by atoms with Crippen molar-refractivity contribution >= 4 is 23.2 Å². The summed E-state index contributed by atoms with van der Waals surface area (Å²) in [7, 11) is 0. The van der Waals surface area contributed by atoms with Crippen LogP contribution in [0.4, 0.5) is 11.4 Å². The summed E-state index contributed by atoms with van der Waals surface area (Å²) in [5.41, 5.74) is 4.45. The van der Waals surface area contributed by atoms with Crippen LogP contribution in [0.15, 0.2) is 72.8 Å². The molecule has 0 aromatic heterocycles. The van der Waals surface area contributed by atoms with Crippen molar-refractivity contribution < 1.29 is 14.3 Å². The lowest BCUT2D eigenvalue weighted by atomic mass is 10.1. The Kier molecular flexibility index (Phi) is 7.44. The van der Waals surface area contributed by atoms with Gasteiger partial charge in [-0.15, -0.1) is 0 Å². The van der Waals surface area contributed by atoms with Gasteiger partial charge in [0.2, 0.25) is 5.91 Å². The average molecular weight is 417 g/mol. The molecule has 2 amide bonds. The second-order valence-corrected chi connectivity index (χ2v) is 7.41. The predicted octanol–water partition coefficient (Wildman–Crippen LogP) is 4.92. The maximum atomic E-state index is 12.7. The lowest BCUT2D eigenvalue weighted by Crippen LogP contribution is -2.31. The molecule has 0 heterocycles. The Hall–Kier alpha value is -3.60. The zero-order chi connectivity index (χ0) is 22.2. The Morgan fingerprint density at radius 1 is 0.871 bits per heavy atom. The highest BCUT2D eigenvalue weighted by Gasteiger charge is 2.14. The Morgan fingerprint density at radius 2 is 1.52 bits per heavy atom. The van der Waals surface area contributed by atoms with Crippen molar-refractivity contribution in [1.29, 1.82) is 0 Å². The molecule has 0 fully saturated rings. The molecule has 3 aromatic rings. The van der Waals surface area contributed by atoms with E-state index in [4.69, 9.17) is 4.74 Å². The minimum atomic E-state index is -0.229. The van der Waals surface area contributed by atoms with Crippen molar-refractivity contribution in [3.63, 3.8) is 0 Å². The van der Waals surface area contributed by atoms with Crippen molar-refractivity contribution in [2.24, 2.45) is 0 Å². The van der Waals surface area contributed by atoms with Crippen LogP contribution in [0.1, 0.15) is 23.6 Å². The third kappa shape index (κ3) is 5.95. The van der Waals surface area contributed by atoms with Gasteiger partial charge in [0, 0.05) is 17.9 Å². The van der Waals surface area contributed by atoms with Crippen LogP contribution in [-0.2, 0) is 16.0 Å². The molecule has 0 radical (unpaired) electrons. The SMILES string of the molecule is CCN(C(=O)Cc1ccc(NC(=O)COc2c(C)cccc2C)cc1)c1ccccc1. The summed E-state index contributed by atoms with van der Waals surface area (Å²) in [6.45, 7) is 6.42. The molecule has 0 unspecified atom stereocenters. The van der Waals surface area contributed by atoms with Crippen LogP contribution < -0.4 is 15.0 Å². The smallest absolute Gasteiger partial charge is 0.262 e. The molecule has 5 heteroatoms. The van der Waals surface area contributed by atoms with E-state index in [0.717, 1.165) is 28.1 Å². The number of amides is 2. The van der Waals surface area contributed by atoms with Crippen LogP contribution in [0, 0.1) is 13.8 Å². The first-order chi connectivity index (χ1) is 15.0. The number of likely N-dealkylation sites (N-methyl/N-ethyl adjacent to an activating group) is 1. The Bertz CT molecular complexity index is 1010. The fraction of sp³-hybridized carbons (Fsp3) is 0.231. The van der Waals surface area contributed by atoms with Gasteiger partial charge in [0.1, 0.15) is 5.75 Å². The van der Waals surface area contributed by atoms with E-state index < -0.39 is 0 Å². The normalized spacial score (nSPS) is 10.4. The zero-order valence-electron chi connectivity index (χ0n) is 18.2. The van der Waals surface area contributed by atoms with Crippen molar-refractivity contribution in [3.8, 4) is 5.75 Å². The standard InChI is InChI=1S/C26H28N2O3/c1-4-28(23-11-6-5-7-12-23)25(30)17-21-13-15-22(16-14-21)27-24(29)18-31-26-19(2)9-8-10-20(26)3/h5-16H,4,17-18H2,1-3H3,(H,27,29). The van der Waals surface area contributed by atoms with Crippen LogP contribution in [0.3, 0.4) is 0 Å². The van der Waals surface area contributed by atoms with Gasteiger partial charge in [-0.3, -0.25) is 9.59 Å². The number of ether oxygens (including phenoxy) is 1. The minimum absolute atomic E-state index is 0.0347. The molecule has 0 aliphatic heterocycles. The third-order valence-corrected chi connectivity index (χ3v) is 5.03. The van der Waals surface area contributed by atoms with Crippen molar-refractivity contribution in [3.05, 3.63) is 89.5 Å². The van der Waals surface area contributed by atoms with E-state index in [2.05, 4.69) is 5.32 Å². The molecule has 0 saturated heterocycles. The van der Waals surface area contributed by atoms with Gasteiger partial charge in [-0.2, -0.15) is 0 Å². The van der Waals surface area contributed by atoms with Gasteiger partial charge in [-0.05, 0) is 61.7 Å². The summed E-state index contributed by atoms with van der Waals surface area (Å²) >= 11 is 0. The van der Waals surface area contributed by atoms with Gasteiger partial charge in [0.25, 0.3) is 5.91 Å². The molecule has 0 bridgehead atoms. The summed E-state index contributed by atoms with van der Waals surface area (Å²) < 4.78 is 5.70. The van der Waals surface area contributed by atoms with Crippen LogP contribution >= 0.6 is 0 Å². The van der Waals surface area contributed by atoms with Gasteiger partial charge in [0.05, 0.1) is 6.42 Å². The highest BCUT2D eigenvalue weighted by Crippen LogP contribution is 2.22. The molecule has 0 aliphatic carbocycles. The number of anilines is 2. The molecular formula is C26H28N2O3. The van der Waals surface area contributed by atoms with Gasteiger partial charge in [-0.25, -0.2) is 0 Å². The van der Waals surface area contributed by atoms with Crippen LogP contribution in [0.25, 0.3) is 0 Å². The molecule has 3 aromatic carbocycles. The summed E-state index contributed by atoms with van der Waals surface area (Å²) in [5, 5.41) is 2.83. The van der Waals surface area contributed by atoms with E-state index in [1.165, 1.54) is 0 Å². The van der Waals surface area contributed by atoms with Crippen molar-refractivity contribution in [2.45, 2.75) is 27.2 Å². The van der Waals surface area contributed by atoms with Gasteiger partial charge < -0.3 is 15.0 Å². The van der Waals surface area contributed by atoms with Gasteiger partial charge in [0.15, 0.2) is 6.61 Å².